The van der Waals surface area contributed by atoms with E-state index < -0.39 is 0 Å². The van der Waals surface area contributed by atoms with Gasteiger partial charge in [-0.05, 0) is 35.7 Å². The van der Waals surface area contributed by atoms with Crippen LogP contribution in [-0.2, 0) is 6.42 Å². The average Bonchev–Trinajstić information content (AvgIpc) is 3.17. The molecule has 3 aromatic rings. The third kappa shape index (κ3) is 4.41. The third-order valence-corrected chi connectivity index (χ3v) is 4.55. The summed E-state index contributed by atoms with van der Waals surface area (Å²) in [4.78, 5) is 14.0. The van der Waals surface area contributed by atoms with E-state index in [0.29, 0.717) is 6.54 Å². The third-order valence-electron chi connectivity index (χ3n) is 4.55. The fourth-order valence-electron chi connectivity index (χ4n) is 3.08. The Balaban J connectivity index is 1.72. The Morgan fingerprint density at radius 2 is 1.73 bits per heavy atom. The number of likely N-dealkylation sites (N-methyl/N-ethyl adjacent to an activating group) is 1. The van der Waals surface area contributed by atoms with Gasteiger partial charge in [-0.25, -0.2) is 0 Å². The fraction of sp³-hybridized carbons (Fsp3) is 0.227. The van der Waals surface area contributed by atoms with Crippen LogP contribution < -0.4 is 10.2 Å². The number of carbonyl (C=O) groups is 1. The molecular weight excluding hydrogens is 324 g/mol. The van der Waals surface area contributed by atoms with Crippen molar-refractivity contribution in [3.63, 3.8) is 0 Å². The number of furan rings is 1. The lowest BCUT2D eigenvalue weighted by atomic mass is 9.99. The first-order chi connectivity index (χ1) is 12.6. The highest BCUT2D eigenvalue weighted by molar-refractivity contribution is 5.95. The molecule has 0 saturated heterocycles. The van der Waals surface area contributed by atoms with Gasteiger partial charge in [-0.3, -0.25) is 4.79 Å². The van der Waals surface area contributed by atoms with Crippen molar-refractivity contribution in [3.8, 4) is 0 Å². The molecule has 1 heterocycles. The highest BCUT2D eigenvalue weighted by Crippen LogP contribution is 2.15. The van der Waals surface area contributed by atoms with Gasteiger partial charge in [-0.2, -0.15) is 0 Å². The van der Waals surface area contributed by atoms with Crippen molar-refractivity contribution >= 4 is 5.91 Å². The van der Waals surface area contributed by atoms with Gasteiger partial charge in [0, 0.05) is 5.56 Å². The van der Waals surface area contributed by atoms with Gasteiger partial charge in [0.05, 0.1) is 26.9 Å². The lowest BCUT2D eigenvalue weighted by molar-refractivity contribution is -0.891. The summed E-state index contributed by atoms with van der Waals surface area (Å²) < 4.78 is 5.53. The van der Waals surface area contributed by atoms with Gasteiger partial charge >= 0.3 is 0 Å². The Morgan fingerprint density at radius 1 is 1.00 bits per heavy atom. The number of quaternary nitrogens is 1. The fourth-order valence-corrected chi connectivity index (χ4v) is 3.08. The van der Waals surface area contributed by atoms with E-state index in [-0.39, 0.29) is 11.9 Å². The molecule has 4 nitrogen and oxygen atoms in total. The molecule has 2 N–H and O–H groups in total. The molecule has 0 aliphatic carbocycles. The van der Waals surface area contributed by atoms with Crippen molar-refractivity contribution in [1.29, 1.82) is 0 Å². The van der Waals surface area contributed by atoms with Crippen molar-refractivity contribution in [2.75, 3.05) is 20.6 Å². The molecule has 0 saturated carbocycles. The monoisotopic (exact) mass is 349 g/mol. The Morgan fingerprint density at radius 3 is 2.42 bits per heavy atom. The summed E-state index contributed by atoms with van der Waals surface area (Å²) >= 11 is 0. The molecule has 4 heteroatoms. The number of amides is 1. The van der Waals surface area contributed by atoms with Crippen LogP contribution in [0.4, 0.5) is 0 Å². The van der Waals surface area contributed by atoms with Crippen LogP contribution in [0.1, 0.15) is 33.3 Å². The van der Waals surface area contributed by atoms with E-state index in [2.05, 4.69) is 31.5 Å². The van der Waals surface area contributed by atoms with Crippen LogP contribution >= 0.6 is 0 Å². The maximum Gasteiger partial charge on any atom is 0.251 e. The highest BCUT2D eigenvalue weighted by Gasteiger charge is 2.22. The van der Waals surface area contributed by atoms with Crippen LogP contribution in [0.15, 0.2) is 77.4 Å². The molecule has 0 radical (unpaired) electrons. The SMILES string of the molecule is C[NH+](C)[C@@H](CNC(=O)c1ccccc1Cc1ccccc1)c1ccco1. The van der Waals surface area contributed by atoms with Gasteiger partial charge in [0.2, 0.25) is 0 Å². The average molecular weight is 349 g/mol. The number of rotatable bonds is 7. The standard InChI is InChI=1S/C22H24N2O2/c1-24(2)20(21-13-8-14-26-21)16-23-22(25)19-12-7-6-11-18(19)15-17-9-4-3-5-10-17/h3-14,20H,15-16H2,1-2H3,(H,23,25)/p+1/t20-/m0/s1. The van der Waals surface area contributed by atoms with Crippen LogP contribution in [0, 0.1) is 0 Å². The van der Waals surface area contributed by atoms with Crippen molar-refractivity contribution in [2.24, 2.45) is 0 Å². The molecule has 0 aliphatic rings. The highest BCUT2D eigenvalue weighted by atomic mass is 16.3. The van der Waals surface area contributed by atoms with Crippen LogP contribution in [0.5, 0.6) is 0 Å². The summed E-state index contributed by atoms with van der Waals surface area (Å²) in [6, 6.07) is 21.9. The van der Waals surface area contributed by atoms with E-state index in [1.807, 2.05) is 54.6 Å². The predicted octanol–water partition coefficient (Wildman–Crippen LogP) is 2.49. The van der Waals surface area contributed by atoms with Gasteiger partial charge in [0.15, 0.2) is 11.8 Å². The molecule has 1 aromatic heterocycles. The van der Waals surface area contributed by atoms with Gasteiger partial charge in [-0.15, -0.1) is 0 Å². The van der Waals surface area contributed by atoms with Crippen molar-refractivity contribution < 1.29 is 14.1 Å². The molecular formula is C22H25N2O2+. The van der Waals surface area contributed by atoms with Crippen molar-refractivity contribution in [2.45, 2.75) is 12.5 Å². The molecule has 1 amide bonds. The molecule has 1 atom stereocenters. The Hall–Kier alpha value is -2.85. The molecule has 0 unspecified atom stereocenters. The smallest absolute Gasteiger partial charge is 0.251 e. The Bertz CT molecular complexity index is 826. The molecule has 0 bridgehead atoms. The summed E-state index contributed by atoms with van der Waals surface area (Å²) in [7, 11) is 4.12. The topological polar surface area (TPSA) is 46.7 Å². The zero-order chi connectivity index (χ0) is 18.4. The molecule has 0 aliphatic heterocycles. The van der Waals surface area contributed by atoms with Crippen LogP contribution in [0.25, 0.3) is 0 Å². The summed E-state index contributed by atoms with van der Waals surface area (Å²) in [6.45, 7) is 0.522. The van der Waals surface area contributed by atoms with E-state index in [0.717, 1.165) is 23.3 Å². The molecule has 0 fully saturated rings. The number of carbonyl (C=O) groups excluding carboxylic acids is 1. The quantitative estimate of drug-likeness (QED) is 0.688. The van der Waals surface area contributed by atoms with E-state index in [1.54, 1.807) is 6.26 Å². The summed E-state index contributed by atoms with van der Waals surface area (Å²) in [5, 5.41) is 3.08. The van der Waals surface area contributed by atoms with Crippen LogP contribution in [0.2, 0.25) is 0 Å². The first-order valence-corrected chi connectivity index (χ1v) is 8.88. The van der Waals surface area contributed by atoms with E-state index in [1.165, 1.54) is 10.5 Å². The Kier molecular flexibility index (Phi) is 5.87. The lowest BCUT2D eigenvalue weighted by Gasteiger charge is -2.20. The second-order valence-corrected chi connectivity index (χ2v) is 6.67. The first-order valence-electron chi connectivity index (χ1n) is 8.88. The van der Waals surface area contributed by atoms with Gasteiger partial charge in [0.25, 0.3) is 5.91 Å². The van der Waals surface area contributed by atoms with Crippen molar-refractivity contribution in [3.05, 3.63) is 95.4 Å². The van der Waals surface area contributed by atoms with Gasteiger partial charge < -0.3 is 14.6 Å². The molecule has 26 heavy (non-hydrogen) atoms. The van der Waals surface area contributed by atoms with Crippen LogP contribution in [-0.4, -0.2) is 26.5 Å². The zero-order valence-electron chi connectivity index (χ0n) is 15.2. The molecule has 134 valence electrons. The maximum atomic E-state index is 12.8. The van der Waals surface area contributed by atoms with E-state index in [4.69, 9.17) is 4.42 Å². The second-order valence-electron chi connectivity index (χ2n) is 6.67. The van der Waals surface area contributed by atoms with Crippen LogP contribution in [0.3, 0.4) is 0 Å². The predicted molar refractivity (Wildman–Crippen MR) is 102 cm³/mol. The Labute approximate surface area is 154 Å². The summed E-state index contributed by atoms with van der Waals surface area (Å²) in [6.07, 6.45) is 2.41. The second kappa shape index (κ2) is 8.50. The lowest BCUT2D eigenvalue weighted by Crippen LogP contribution is -3.07. The number of benzene rings is 2. The minimum absolute atomic E-state index is 0.0469. The summed E-state index contributed by atoms with van der Waals surface area (Å²) in [5.41, 5.74) is 2.95. The molecule has 2 aromatic carbocycles. The minimum Gasteiger partial charge on any atom is -0.463 e. The largest absolute Gasteiger partial charge is 0.463 e. The minimum atomic E-state index is -0.0469. The van der Waals surface area contributed by atoms with Gasteiger partial charge in [-0.1, -0.05) is 48.5 Å². The number of nitrogens with one attached hydrogen (secondary N) is 2. The zero-order valence-corrected chi connectivity index (χ0v) is 15.2. The number of hydrogen-bond acceptors (Lipinski definition) is 2. The maximum absolute atomic E-state index is 12.8. The van der Waals surface area contributed by atoms with E-state index >= 15 is 0 Å². The van der Waals surface area contributed by atoms with Crippen molar-refractivity contribution in [1.82, 2.24) is 5.32 Å². The normalized spacial score (nSPS) is 12.1. The number of hydrogen-bond donors (Lipinski definition) is 2. The van der Waals surface area contributed by atoms with Gasteiger partial charge in [0.1, 0.15) is 0 Å². The summed E-state index contributed by atoms with van der Waals surface area (Å²) in [5.74, 6) is 0.831. The molecule has 3 rings (SSSR count). The van der Waals surface area contributed by atoms with E-state index in [9.17, 15) is 4.79 Å². The first kappa shape index (κ1) is 18.0. The molecule has 0 spiro atoms.